The molecular weight excluding hydrogens is 275 g/mol. The number of alkyl halides is 2. The van der Waals surface area contributed by atoms with Gasteiger partial charge in [0.25, 0.3) is 0 Å². The van der Waals surface area contributed by atoms with Gasteiger partial charge in [-0.05, 0) is 20.3 Å². The summed E-state index contributed by atoms with van der Waals surface area (Å²) in [5.41, 5.74) is 3.51. The first-order valence-corrected chi connectivity index (χ1v) is 6.23. The Balaban J connectivity index is 1.97. The molecule has 1 atom stereocenters. The second-order valence-electron chi connectivity index (χ2n) is 4.72. The highest BCUT2D eigenvalue weighted by Crippen LogP contribution is 2.63. The van der Waals surface area contributed by atoms with E-state index in [0.717, 1.165) is 11.3 Å². The van der Waals surface area contributed by atoms with E-state index in [1.54, 1.807) is 24.0 Å². The number of nitrogens with one attached hydrogen (secondary N) is 1. The van der Waals surface area contributed by atoms with Crippen LogP contribution in [0.2, 0.25) is 0 Å². The van der Waals surface area contributed by atoms with Gasteiger partial charge in [-0.1, -0.05) is 0 Å². The number of hydrogen-bond acceptors (Lipinski definition) is 3. The van der Waals surface area contributed by atoms with Crippen molar-refractivity contribution in [1.29, 1.82) is 0 Å². The summed E-state index contributed by atoms with van der Waals surface area (Å²) in [4.78, 5) is 11.8. The number of hydrazone groups is 1. The van der Waals surface area contributed by atoms with E-state index >= 15 is 0 Å². The molecule has 0 aliphatic heterocycles. The molecule has 0 bridgehead atoms. The Morgan fingerprint density at radius 3 is 2.72 bits per heavy atom. The Morgan fingerprint density at radius 1 is 1.67 bits per heavy atom. The summed E-state index contributed by atoms with van der Waals surface area (Å²) in [6, 6.07) is 0. The maximum absolute atomic E-state index is 11.8. The third kappa shape index (κ3) is 2.12. The number of carbonyl (C=O) groups is 1. The third-order valence-corrected chi connectivity index (χ3v) is 4.50. The van der Waals surface area contributed by atoms with Crippen molar-refractivity contribution in [2.75, 3.05) is 0 Å². The molecule has 0 radical (unpaired) electrons. The molecule has 1 saturated carbocycles. The van der Waals surface area contributed by atoms with Crippen LogP contribution in [0.5, 0.6) is 0 Å². The maximum atomic E-state index is 11.8. The Labute approximate surface area is 115 Å². The number of nitrogens with zero attached hydrogens (tertiary/aromatic N) is 3. The van der Waals surface area contributed by atoms with Crippen molar-refractivity contribution in [2.24, 2.45) is 17.6 Å². The van der Waals surface area contributed by atoms with Crippen LogP contribution in [0.3, 0.4) is 0 Å². The van der Waals surface area contributed by atoms with Crippen LogP contribution in [0.25, 0.3) is 0 Å². The third-order valence-electron chi connectivity index (χ3n) is 3.40. The Kier molecular flexibility index (Phi) is 3.15. The summed E-state index contributed by atoms with van der Waals surface area (Å²) in [6.07, 6.45) is 3.67. The molecule has 0 saturated heterocycles. The number of carbonyl (C=O) groups excluding carboxylic acids is 1. The monoisotopic (exact) mass is 288 g/mol. The predicted molar refractivity (Wildman–Crippen MR) is 70.8 cm³/mol. The van der Waals surface area contributed by atoms with Crippen LogP contribution in [0.1, 0.15) is 24.6 Å². The van der Waals surface area contributed by atoms with Crippen LogP contribution < -0.4 is 5.43 Å². The van der Waals surface area contributed by atoms with Crippen LogP contribution in [0, 0.1) is 12.3 Å². The summed E-state index contributed by atoms with van der Waals surface area (Å²) in [5.74, 6) is -0.273. The Morgan fingerprint density at radius 2 is 2.28 bits per heavy atom. The molecule has 0 unspecified atom stereocenters. The second-order valence-corrected chi connectivity index (χ2v) is 6.21. The van der Waals surface area contributed by atoms with Crippen LogP contribution in [0.15, 0.2) is 11.3 Å². The highest BCUT2D eigenvalue weighted by atomic mass is 35.5. The first kappa shape index (κ1) is 13.4. The van der Waals surface area contributed by atoms with E-state index in [0.29, 0.717) is 6.42 Å². The number of aryl methyl sites for hydroxylation is 1. The van der Waals surface area contributed by atoms with Gasteiger partial charge in [0.2, 0.25) is 5.91 Å². The van der Waals surface area contributed by atoms with E-state index in [9.17, 15) is 4.79 Å². The SMILES string of the molecule is Cc1c(/C=N\NC(=O)[C@]2(C)CC2(Cl)Cl)cnn1C. The molecule has 1 aromatic rings. The fraction of sp³-hybridized carbons (Fsp3) is 0.545. The molecule has 1 fully saturated rings. The lowest BCUT2D eigenvalue weighted by Gasteiger charge is -2.08. The fourth-order valence-electron chi connectivity index (χ4n) is 1.57. The largest absolute Gasteiger partial charge is 0.272 e. The molecule has 2 rings (SSSR count). The van der Waals surface area contributed by atoms with Crippen LogP contribution in [0.4, 0.5) is 0 Å². The van der Waals surface area contributed by atoms with Crippen molar-refractivity contribution >= 4 is 35.3 Å². The van der Waals surface area contributed by atoms with Gasteiger partial charge in [0.15, 0.2) is 0 Å². The average molecular weight is 289 g/mol. The van der Waals surface area contributed by atoms with Crippen molar-refractivity contribution in [3.63, 3.8) is 0 Å². The molecule has 7 heteroatoms. The summed E-state index contributed by atoms with van der Waals surface area (Å²) in [7, 11) is 1.84. The first-order valence-electron chi connectivity index (χ1n) is 5.48. The lowest BCUT2D eigenvalue weighted by molar-refractivity contribution is -0.125. The van der Waals surface area contributed by atoms with E-state index in [-0.39, 0.29) is 5.91 Å². The minimum Gasteiger partial charge on any atom is -0.272 e. The number of rotatable bonds is 3. The first-order chi connectivity index (χ1) is 8.28. The molecule has 98 valence electrons. The zero-order valence-corrected chi connectivity index (χ0v) is 11.9. The zero-order chi connectivity index (χ0) is 13.6. The molecule has 5 nitrogen and oxygen atoms in total. The van der Waals surface area contributed by atoms with Gasteiger partial charge >= 0.3 is 0 Å². The molecule has 1 aliphatic rings. The van der Waals surface area contributed by atoms with E-state index in [1.807, 2.05) is 14.0 Å². The Bertz CT molecular complexity index is 523. The highest BCUT2D eigenvalue weighted by molar-refractivity contribution is 6.53. The molecule has 0 spiro atoms. The Hall–Kier alpha value is -1.07. The standard InChI is InChI=1S/C11H14Cl2N4O/c1-7-8(5-15-17(7)3)4-14-16-9(18)10(2)6-11(10,12)13/h4-5H,6H2,1-3H3,(H,16,18)/b14-4-/t10-/m0/s1. The minimum atomic E-state index is -0.975. The van der Waals surface area contributed by atoms with Gasteiger partial charge in [-0.2, -0.15) is 10.2 Å². The van der Waals surface area contributed by atoms with Gasteiger partial charge in [-0.15, -0.1) is 23.2 Å². The summed E-state index contributed by atoms with van der Waals surface area (Å²) in [6.45, 7) is 3.63. The molecule has 1 amide bonds. The van der Waals surface area contributed by atoms with Crippen molar-refractivity contribution in [3.05, 3.63) is 17.5 Å². The molecule has 0 aromatic carbocycles. The number of halogens is 2. The van der Waals surface area contributed by atoms with Crippen molar-refractivity contribution < 1.29 is 4.79 Å². The summed E-state index contributed by atoms with van der Waals surface area (Å²) in [5, 5.41) is 7.96. The molecule has 1 heterocycles. The maximum Gasteiger partial charge on any atom is 0.249 e. The smallest absolute Gasteiger partial charge is 0.249 e. The van der Waals surface area contributed by atoms with E-state index in [1.165, 1.54) is 0 Å². The van der Waals surface area contributed by atoms with E-state index in [4.69, 9.17) is 23.2 Å². The predicted octanol–water partition coefficient (Wildman–Crippen LogP) is 1.76. The number of amides is 1. The number of aromatic nitrogens is 2. The number of hydrogen-bond donors (Lipinski definition) is 1. The van der Waals surface area contributed by atoms with E-state index in [2.05, 4.69) is 15.6 Å². The van der Waals surface area contributed by atoms with Crippen molar-refractivity contribution in [2.45, 2.75) is 24.6 Å². The average Bonchev–Trinajstić information content (AvgIpc) is 2.66. The zero-order valence-electron chi connectivity index (χ0n) is 10.4. The lowest BCUT2D eigenvalue weighted by atomic mass is 10.1. The van der Waals surface area contributed by atoms with E-state index < -0.39 is 9.75 Å². The van der Waals surface area contributed by atoms with Gasteiger partial charge in [0.1, 0.15) is 4.33 Å². The topological polar surface area (TPSA) is 59.3 Å². The summed E-state index contributed by atoms with van der Waals surface area (Å²) < 4.78 is 0.755. The van der Waals surface area contributed by atoms with Gasteiger partial charge in [0, 0.05) is 18.3 Å². The van der Waals surface area contributed by atoms with Crippen molar-refractivity contribution in [3.8, 4) is 0 Å². The lowest BCUT2D eigenvalue weighted by Crippen LogP contribution is -2.29. The van der Waals surface area contributed by atoms with Gasteiger partial charge < -0.3 is 0 Å². The van der Waals surface area contributed by atoms with Gasteiger partial charge in [-0.3, -0.25) is 9.48 Å². The van der Waals surface area contributed by atoms with Gasteiger partial charge in [0.05, 0.1) is 17.8 Å². The molecule has 1 aliphatic carbocycles. The van der Waals surface area contributed by atoms with Crippen LogP contribution in [-0.4, -0.2) is 26.2 Å². The summed E-state index contributed by atoms with van der Waals surface area (Å²) >= 11 is 11.8. The second kappa shape index (κ2) is 4.24. The molecular formula is C11H14Cl2N4O. The minimum absolute atomic E-state index is 0.273. The van der Waals surface area contributed by atoms with Crippen molar-refractivity contribution in [1.82, 2.24) is 15.2 Å². The highest BCUT2D eigenvalue weighted by Gasteiger charge is 2.68. The van der Waals surface area contributed by atoms with Gasteiger partial charge in [-0.25, -0.2) is 5.43 Å². The van der Waals surface area contributed by atoms with Crippen LogP contribution >= 0.6 is 23.2 Å². The normalized spacial score (nSPS) is 25.4. The molecule has 18 heavy (non-hydrogen) atoms. The quantitative estimate of drug-likeness (QED) is 0.523. The fourth-order valence-corrected chi connectivity index (χ4v) is 2.28. The van der Waals surface area contributed by atoms with Crippen LogP contribution in [-0.2, 0) is 11.8 Å². The molecule has 1 aromatic heterocycles. The molecule has 1 N–H and O–H groups in total.